The maximum Gasteiger partial charge on any atom is 0.137 e. The lowest BCUT2D eigenvalue weighted by Crippen LogP contribution is -2.10. The Morgan fingerprint density at radius 2 is 0.915 bits per heavy atom. The Morgan fingerprint density at radius 1 is 0.339 bits per heavy atom. The molecule has 59 heavy (non-hydrogen) atoms. The number of rotatable bonds is 6. The van der Waals surface area contributed by atoms with Crippen molar-refractivity contribution in [3.05, 3.63) is 218 Å². The van der Waals surface area contributed by atoms with Crippen molar-refractivity contribution in [2.24, 2.45) is 0 Å². The van der Waals surface area contributed by atoms with Gasteiger partial charge < -0.3 is 13.9 Å². The second-order valence-electron chi connectivity index (χ2n) is 15.3. The predicted octanol–water partition coefficient (Wildman–Crippen LogP) is 15.8. The second-order valence-corrected chi connectivity index (χ2v) is 15.3. The number of hydrogen-bond acceptors (Lipinski definition) is 2. The highest BCUT2D eigenvalue weighted by molar-refractivity contribution is 6.11. The highest BCUT2D eigenvalue weighted by Gasteiger charge is 2.20. The topological polar surface area (TPSA) is 21.3 Å². The van der Waals surface area contributed by atoms with Crippen LogP contribution in [-0.4, -0.2) is 4.57 Å². The predicted molar refractivity (Wildman–Crippen MR) is 249 cm³/mol. The van der Waals surface area contributed by atoms with Gasteiger partial charge in [-0.25, -0.2) is 0 Å². The smallest absolute Gasteiger partial charge is 0.137 e. The molecular weight excluding hydrogens is 717 g/mol. The molecule has 3 heteroatoms. The van der Waals surface area contributed by atoms with E-state index in [0.717, 1.165) is 55.8 Å². The minimum absolute atomic E-state index is 0.863. The van der Waals surface area contributed by atoms with E-state index in [1.807, 2.05) is 12.1 Å². The van der Waals surface area contributed by atoms with E-state index < -0.39 is 0 Å². The molecule has 0 radical (unpaired) electrons. The monoisotopic (exact) mass is 752 g/mol. The summed E-state index contributed by atoms with van der Waals surface area (Å²) in [6, 6.07) is 78.8. The number of furan rings is 1. The third kappa shape index (κ3) is 5.36. The number of anilines is 3. The van der Waals surface area contributed by atoms with E-state index in [-0.39, 0.29) is 0 Å². The minimum atomic E-state index is 0.863. The van der Waals surface area contributed by atoms with E-state index in [2.05, 4.69) is 216 Å². The average molecular weight is 753 g/mol. The molecule has 0 fully saturated rings. The Morgan fingerprint density at radius 3 is 1.69 bits per heavy atom. The summed E-state index contributed by atoms with van der Waals surface area (Å²) in [4.78, 5) is 2.35. The Hall–Kier alpha value is -7.88. The number of para-hydroxylation sites is 3. The molecule has 2 aromatic heterocycles. The van der Waals surface area contributed by atoms with Gasteiger partial charge in [-0.2, -0.15) is 0 Å². The van der Waals surface area contributed by atoms with Crippen molar-refractivity contribution < 1.29 is 4.42 Å². The highest BCUT2D eigenvalue weighted by atomic mass is 16.3. The zero-order chi connectivity index (χ0) is 38.9. The molecule has 276 valence electrons. The summed E-state index contributed by atoms with van der Waals surface area (Å²) >= 11 is 0. The van der Waals surface area contributed by atoms with Gasteiger partial charge in [-0.3, -0.25) is 0 Å². The van der Waals surface area contributed by atoms with Gasteiger partial charge in [-0.15, -0.1) is 0 Å². The molecule has 0 aliphatic carbocycles. The van der Waals surface area contributed by atoms with Crippen LogP contribution in [-0.2, 0) is 0 Å². The SMILES string of the molecule is c1cc(-c2cccc3ccccc23)cc(N(c2ccc(-c3c(-n4c5ccccc5c5ccccc54)ccc4ccccc34)cc2)c2ccc3c(c2)oc2ccccc23)c1. The Balaban J connectivity index is 1.05. The largest absolute Gasteiger partial charge is 0.456 e. The van der Waals surface area contributed by atoms with Gasteiger partial charge in [0.25, 0.3) is 0 Å². The molecular formula is C56H36N2O. The molecule has 0 amide bonds. The number of fused-ring (bicyclic) bond motifs is 8. The lowest BCUT2D eigenvalue weighted by molar-refractivity contribution is 0.669. The van der Waals surface area contributed by atoms with E-state index >= 15 is 0 Å². The van der Waals surface area contributed by atoms with E-state index in [0.29, 0.717) is 0 Å². The molecule has 0 spiro atoms. The standard InChI is InChI=1S/C56H36N2O/c1-3-18-44-37(13-1)15-12-23-45(44)40-16-11-17-42(35-40)57(43-32-33-50-49-22-7-10-26-54(49)59-55(50)36-43)41-30-27-39(28-31-41)56-46-19-4-2-14-38(46)29-34-53(56)58-51-24-8-5-20-47(51)48-21-6-9-25-52(48)58/h1-36H. The fourth-order valence-electron chi connectivity index (χ4n) is 9.30. The van der Waals surface area contributed by atoms with Crippen molar-refractivity contribution in [1.82, 2.24) is 4.57 Å². The summed E-state index contributed by atoms with van der Waals surface area (Å²) in [6.45, 7) is 0. The molecule has 0 saturated carbocycles. The van der Waals surface area contributed by atoms with Gasteiger partial charge in [0.2, 0.25) is 0 Å². The van der Waals surface area contributed by atoms with E-state index in [1.165, 1.54) is 54.5 Å². The van der Waals surface area contributed by atoms with Crippen LogP contribution in [0.15, 0.2) is 223 Å². The van der Waals surface area contributed by atoms with Crippen LogP contribution in [0.2, 0.25) is 0 Å². The van der Waals surface area contributed by atoms with Crippen molar-refractivity contribution in [3.63, 3.8) is 0 Å². The summed E-state index contributed by atoms with van der Waals surface area (Å²) in [5.74, 6) is 0. The van der Waals surface area contributed by atoms with Gasteiger partial charge in [0.05, 0.1) is 16.7 Å². The minimum Gasteiger partial charge on any atom is -0.456 e. The Labute approximate surface area is 341 Å². The van der Waals surface area contributed by atoms with Crippen molar-refractivity contribution in [3.8, 4) is 27.9 Å². The van der Waals surface area contributed by atoms with Crippen LogP contribution < -0.4 is 4.90 Å². The molecule has 0 atom stereocenters. The molecule has 12 aromatic rings. The van der Waals surface area contributed by atoms with Crippen LogP contribution >= 0.6 is 0 Å². The fourth-order valence-corrected chi connectivity index (χ4v) is 9.30. The lowest BCUT2D eigenvalue weighted by Gasteiger charge is -2.26. The van der Waals surface area contributed by atoms with Gasteiger partial charge in [0, 0.05) is 50.2 Å². The number of nitrogens with zero attached hydrogens (tertiary/aromatic N) is 2. The first-order chi connectivity index (χ1) is 29.3. The van der Waals surface area contributed by atoms with Crippen LogP contribution in [0.4, 0.5) is 17.1 Å². The molecule has 0 aliphatic heterocycles. The van der Waals surface area contributed by atoms with Crippen LogP contribution in [0.25, 0.3) is 93.2 Å². The number of hydrogen-bond donors (Lipinski definition) is 0. The molecule has 0 unspecified atom stereocenters. The Kier molecular flexibility index (Phi) is 7.54. The first kappa shape index (κ1) is 33.3. The third-order valence-electron chi connectivity index (χ3n) is 12.0. The molecule has 0 bridgehead atoms. The molecule has 0 aliphatic rings. The van der Waals surface area contributed by atoms with Gasteiger partial charge in [0.15, 0.2) is 0 Å². The van der Waals surface area contributed by atoms with Gasteiger partial charge in [-0.1, -0.05) is 152 Å². The van der Waals surface area contributed by atoms with Gasteiger partial charge in [0.1, 0.15) is 11.2 Å². The summed E-state index contributed by atoms with van der Waals surface area (Å²) in [5.41, 5.74) is 13.2. The van der Waals surface area contributed by atoms with Gasteiger partial charge >= 0.3 is 0 Å². The first-order valence-electron chi connectivity index (χ1n) is 20.2. The lowest BCUT2D eigenvalue weighted by atomic mass is 9.95. The summed E-state index contributed by atoms with van der Waals surface area (Å²) in [7, 11) is 0. The summed E-state index contributed by atoms with van der Waals surface area (Å²) < 4.78 is 8.89. The van der Waals surface area contributed by atoms with Gasteiger partial charge in [-0.05, 0) is 98.9 Å². The molecule has 12 rings (SSSR count). The summed E-state index contributed by atoms with van der Waals surface area (Å²) in [6.07, 6.45) is 0. The van der Waals surface area contributed by atoms with Crippen LogP contribution in [0.1, 0.15) is 0 Å². The quantitative estimate of drug-likeness (QED) is 0.169. The van der Waals surface area contributed by atoms with E-state index in [9.17, 15) is 0 Å². The van der Waals surface area contributed by atoms with Crippen molar-refractivity contribution in [1.29, 1.82) is 0 Å². The molecule has 0 saturated heterocycles. The highest BCUT2D eigenvalue weighted by Crippen LogP contribution is 2.43. The third-order valence-corrected chi connectivity index (χ3v) is 12.0. The number of aromatic nitrogens is 1. The normalized spacial score (nSPS) is 11.7. The maximum absolute atomic E-state index is 6.45. The van der Waals surface area contributed by atoms with Crippen LogP contribution in [0.5, 0.6) is 0 Å². The molecule has 0 N–H and O–H groups in total. The zero-order valence-corrected chi connectivity index (χ0v) is 32.1. The molecule has 2 heterocycles. The average Bonchev–Trinajstić information content (AvgIpc) is 3.84. The van der Waals surface area contributed by atoms with Crippen molar-refractivity contribution in [2.45, 2.75) is 0 Å². The Bertz CT molecular complexity index is 3510. The van der Waals surface area contributed by atoms with Crippen LogP contribution in [0.3, 0.4) is 0 Å². The maximum atomic E-state index is 6.45. The van der Waals surface area contributed by atoms with Crippen molar-refractivity contribution >= 4 is 82.4 Å². The first-order valence-corrected chi connectivity index (χ1v) is 20.2. The van der Waals surface area contributed by atoms with E-state index in [1.54, 1.807) is 0 Å². The summed E-state index contributed by atoms with van der Waals surface area (Å²) in [5, 5.41) is 9.62. The fraction of sp³-hybridized carbons (Fsp3) is 0. The second kappa shape index (κ2) is 13.4. The molecule has 3 nitrogen and oxygen atoms in total. The number of benzene rings is 10. The van der Waals surface area contributed by atoms with Crippen molar-refractivity contribution in [2.75, 3.05) is 4.90 Å². The molecule has 10 aromatic carbocycles. The zero-order valence-electron chi connectivity index (χ0n) is 32.1. The van der Waals surface area contributed by atoms with E-state index in [4.69, 9.17) is 4.42 Å². The van der Waals surface area contributed by atoms with Crippen LogP contribution in [0, 0.1) is 0 Å².